The molecule has 0 unspecified atom stereocenters. The molecular weight excluding hydrogens is 196 g/mol. The third-order valence-electron chi connectivity index (χ3n) is 1.72. The highest BCUT2D eigenvalue weighted by molar-refractivity contribution is 6.38. The van der Waals surface area contributed by atoms with E-state index in [1.807, 2.05) is 0 Å². The average molecular weight is 206 g/mol. The quantitative estimate of drug-likeness (QED) is 0.288. The smallest absolute Gasteiger partial charge is 0.375 e. The van der Waals surface area contributed by atoms with Crippen LogP contribution in [-0.2, 0) is 19.1 Å². The van der Waals surface area contributed by atoms with E-state index in [0.717, 1.165) is 0 Å². The van der Waals surface area contributed by atoms with Crippen molar-refractivity contribution in [1.29, 1.82) is 0 Å². The summed E-state index contributed by atoms with van der Waals surface area (Å²) in [4.78, 5) is 33.4. The topological polar surface area (TPSA) is 60.4 Å². The molecule has 1 aliphatic rings. The van der Waals surface area contributed by atoms with Crippen molar-refractivity contribution in [2.75, 3.05) is 6.61 Å². The number of ketones is 2. The third-order valence-corrected chi connectivity index (χ3v) is 1.72. The number of hydrogen-bond acceptors (Lipinski definition) is 4. The van der Waals surface area contributed by atoms with Gasteiger partial charge in [0, 0.05) is 0 Å². The second-order valence-electron chi connectivity index (χ2n) is 2.83. The Morgan fingerprint density at radius 1 is 1.40 bits per heavy atom. The maximum Gasteiger partial charge on any atom is 0.375 e. The van der Waals surface area contributed by atoms with E-state index in [9.17, 15) is 14.4 Å². The Bertz CT molecular complexity index is 395. The maximum atomic E-state index is 11.4. The predicted molar refractivity (Wildman–Crippen MR) is 52.0 cm³/mol. The van der Waals surface area contributed by atoms with Gasteiger partial charge in [0.1, 0.15) is 0 Å². The Balaban J connectivity index is 2.52. The second kappa shape index (κ2) is 5.08. The minimum Gasteiger partial charge on any atom is -0.460 e. The van der Waals surface area contributed by atoms with Crippen molar-refractivity contribution >= 4 is 17.5 Å². The monoisotopic (exact) mass is 206 g/mol. The second-order valence-corrected chi connectivity index (χ2v) is 2.83. The molecule has 15 heavy (non-hydrogen) atoms. The van der Waals surface area contributed by atoms with Gasteiger partial charge in [0.2, 0.25) is 5.78 Å². The highest BCUT2D eigenvalue weighted by atomic mass is 16.5. The summed E-state index contributed by atoms with van der Waals surface area (Å²) >= 11 is 0. The normalized spacial score (nSPS) is 12.5. The SMILES string of the molecule is CCOC(=O)C(=O)CC(=O)C1=C=CC=C1. The van der Waals surface area contributed by atoms with Crippen LogP contribution in [-0.4, -0.2) is 24.1 Å². The lowest BCUT2D eigenvalue weighted by Gasteiger charge is -1.99. The summed E-state index contributed by atoms with van der Waals surface area (Å²) in [7, 11) is 0. The van der Waals surface area contributed by atoms with Crippen LogP contribution < -0.4 is 0 Å². The lowest BCUT2D eigenvalue weighted by Crippen LogP contribution is -2.20. The van der Waals surface area contributed by atoms with E-state index in [1.165, 1.54) is 0 Å². The van der Waals surface area contributed by atoms with E-state index in [2.05, 4.69) is 10.5 Å². The van der Waals surface area contributed by atoms with Crippen LogP contribution in [0.4, 0.5) is 0 Å². The molecule has 0 N–H and O–H groups in total. The van der Waals surface area contributed by atoms with Crippen LogP contribution in [0.5, 0.6) is 0 Å². The first-order valence-electron chi connectivity index (χ1n) is 4.51. The van der Waals surface area contributed by atoms with Crippen molar-refractivity contribution < 1.29 is 19.1 Å². The van der Waals surface area contributed by atoms with Crippen molar-refractivity contribution in [2.24, 2.45) is 0 Å². The van der Waals surface area contributed by atoms with Gasteiger partial charge in [-0.15, -0.1) is 5.73 Å². The fraction of sp³-hybridized carbons (Fsp3) is 0.273. The molecule has 4 nitrogen and oxygen atoms in total. The molecule has 1 rings (SSSR count). The minimum absolute atomic E-state index is 0.126. The molecule has 0 atom stereocenters. The highest BCUT2D eigenvalue weighted by Gasteiger charge is 2.20. The molecule has 0 heterocycles. The lowest BCUT2D eigenvalue weighted by molar-refractivity contribution is -0.154. The summed E-state index contributed by atoms with van der Waals surface area (Å²) in [6.45, 7) is 1.72. The Morgan fingerprint density at radius 3 is 2.67 bits per heavy atom. The van der Waals surface area contributed by atoms with Gasteiger partial charge in [-0.2, -0.15) is 0 Å². The molecule has 1 aliphatic carbocycles. The zero-order chi connectivity index (χ0) is 11.3. The van der Waals surface area contributed by atoms with Crippen molar-refractivity contribution in [3.05, 3.63) is 29.5 Å². The van der Waals surface area contributed by atoms with Crippen molar-refractivity contribution in [3.63, 3.8) is 0 Å². The fourth-order valence-electron chi connectivity index (χ4n) is 1.03. The molecule has 0 saturated carbocycles. The Kier molecular flexibility index (Phi) is 3.77. The Morgan fingerprint density at radius 2 is 2.13 bits per heavy atom. The summed E-state index contributed by atoms with van der Waals surface area (Å²) in [5.41, 5.74) is 2.97. The van der Waals surface area contributed by atoms with Gasteiger partial charge in [-0.25, -0.2) is 4.79 Å². The number of allylic oxidation sites excluding steroid dienone is 3. The first-order chi connectivity index (χ1) is 7.15. The fourth-order valence-corrected chi connectivity index (χ4v) is 1.03. The van der Waals surface area contributed by atoms with E-state index < -0.39 is 24.0 Å². The molecule has 0 aromatic rings. The van der Waals surface area contributed by atoms with Gasteiger partial charge in [-0.1, -0.05) is 6.08 Å². The van der Waals surface area contributed by atoms with Crippen LogP contribution in [0.2, 0.25) is 0 Å². The standard InChI is InChI=1S/C11H10O4/c1-2-15-11(14)10(13)7-9(12)8-5-3-4-6-8/h3-5H,2,7H2,1H3. The summed E-state index contributed by atoms with van der Waals surface area (Å²) in [5.74, 6) is -2.20. The lowest BCUT2D eigenvalue weighted by atomic mass is 10.1. The van der Waals surface area contributed by atoms with Crippen LogP contribution in [0.25, 0.3) is 0 Å². The zero-order valence-electron chi connectivity index (χ0n) is 8.28. The number of esters is 1. The van der Waals surface area contributed by atoms with E-state index in [0.29, 0.717) is 5.57 Å². The van der Waals surface area contributed by atoms with E-state index in [-0.39, 0.29) is 6.61 Å². The van der Waals surface area contributed by atoms with Gasteiger partial charge >= 0.3 is 5.97 Å². The molecule has 0 radical (unpaired) electrons. The third kappa shape index (κ3) is 3.04. The summed E-state index contributed by atoms with van der Waals surface area (Å²) < 4.78 is 4.47. The molecule has 0 aliphatic heterocycles. The van der Waals surface area contributed by atoms with Gasteiger partial charge in [0.25, 0.3) is 0 Å². The number of carbonyl (C=O) groups is 3. The van der Waals surface area contributed by atoms with Gasteiger partial charge in [-0.05, 0) is 19.1 Å². The highest BCUT2D eigenvalue weighted by Crippen LogP contribution is 2.06. The van der Waals surface area contributed by atoms with Gasteiger partial charge < -0.3 is 4.74 Å². The molecule has 78 valence electrons. The number of rotatable bonds is 5. The van der Waals surface area contributed by atoms with Crippen LogP contribution in [0.3, 0.4) is 0 Å². The Hall–Kier alpha value is -1.93. The molecular formula is C11H10O4. The molecule has 0 saturated heterocycles. The summed E-state index contributed by atoms with van der Waals surface area (Å²) in [6.07, 6.45) is 4.30. The van der Waals surface area contributed by atoms with Crippen LogP contribution >= 0.6 is 0 Å². The van der Waals surface area contributed by atoms with Gasteiger partial charge in [-0.3, -0.25) is 9.59 Å². The predicted octanol–water partition coefficient (Wildman–Crippen LogP) is 0.729. The van der Waals surface area contributed by atoms with Gasteiger partial charge in [0.15, 0.2) is 5.78 Å². The summed E-state index contributed by atoms with van der Waals surface area (Å²) in [5, 5.41) is 0. The number of Topliss-reactive ketones (excluding diaryl/α,β-unsaturated/α-hetero) is 2. The average Bonchev–Trinajstić information content (AvgIpc) is 2.70. The maximum absolute atomic E-state index is 11.4. The minimum atomic E-state index is -0.961. The first kappa shape index (κ1) is 11.1. The van der Waals surface area contributed by atoms with E-state index in [1.54, 1.807) is 25.2 Å². The van der Waals surface area contributed by atoms with Crippen LogP contribution in [0, 0.1) is 0 Å². The van der Waals surface area contributed by atoms with Crippen molar-refractivity contribution in [2.45, 2.75) is 13.3 Å². The number of hydrogen-bond donors (Lipinski definition) is 0. The molecule has 0 aromatic carbocycles. The molecule has 0 aromatic heterocycles. The summed E-state index contributed by atoms with van der Waals surface area (Å²) in [6, 6.07) is 0. The van der Waals surface area contributed by atoms with Crippen molar-refractivity contribution in [1.82, 2.24) is 0 Å². The number of carbonyl (C=O) groups excluding carboxylic acids is 3. The molecule has 0 spiro atoms. The van der Waals surface area contributed by atoms with E-state index in [4.69, 9.17) is 0 Å². The Labute approximate surface area is 86.9 Å². The molecule has 0 fully saturated rings. The first-order valence-corrected chi connectivity index (χ1v) is 4.51. The van der Waals surface area contributed by atoms with Crippen LogP contribution in [0.15, 0.2) is 29.5 Å². The largest absolute Gasteiger partial charge is 0.460 e. The molecule has 4 heteroatoms. The van der Waals surface area contributed by atoms with E-state index >= 15 is 0 Å². The number of ether oxygens (including phenoxy) is 1. The zero-order valence-corrected chi connectivity index (χ0v) is 8.28. The molecule has 0 bridgehead atoms. The van der Waals surface area contributed by atoms with Crippen molar-refractivity contribution in [3.8, 4) is 0 Å². The van der Waals surface area contributed by atoms with Gasteiger partial charge in [0.05, 0.1) is 18.6 Å². The molecule has 0 amide bonds. The van der Waals surface area contributed by atoms with Crippen LogP contribution in [0.1, 0.15) is 13.3 Å².